The average Bonchev–Trinajstić information content (AvgIpc) is 3.43. The second-order valence-corrected chi connectivity index (χ2v) is 12.4. The largest absolute Gasteiger partial charge is 0.326 e. The van der Waals surface area contributed by atoms with E-state index < -0.39 is 11.9 Å². The van der Waals surface area contributed by atoms with Gasteiger partial charge in [-0.1, -0.05) is 80.9 Å². The van der Waals surface area contributed by atoms with Gasteiger partial charge in [-0.15, -0.1) is 0 Å². The molecule has 0 aliphatic carbocycles. The van der Waals surface area contributed by atoms with Gasteiger partial charge in [0.1, 0.15) is 5.82 Å². The number of nitrogens with zero attached hydrogens (tertiary/aromatic N) is 2. The van der Waals surface area contributed by atoms with Gasteiger partial charge in [-0.05, 0) is 68.1 Å². The van der Waals surface area contributed by atoms with E-state index in [9.17, 15) is 9.59 Å². The highest BCUT2D eigenvalue weighted by atomic mass is 16.2. The molecule has 8 nitrogen and oxygen atoms in total. The smallest absolute Gasteiger partial charge is 0.324 e. The minimum atomic E-state index is -0.398. The van der Waals surface area contributed by atoms with Crippen LogP contribution < -0.4 is 21.7 Å². The van der Waals surface area contributed by atoms with Crippen molar-refractivity contribution in [3.8, 4) is 5.69 Å². The highest BCUT2D eigenvalue weighted by Crippen LogP contribution is 2.38. The Bertz CT molecular complexity index is 1560. The highest BCUT2D eigenvalue weighted by molar-refractivity contribution is 6.04. The van der Waals surface area contributed by atoms with E-state index in [0.717, 1.165) is 54.0 Å². The van der Waals surface area contributed by atoms with Gasteiger partial charge in [0.05, 0.1) is 17.3 Å². The number of nitrogens with one attached hydrogen (secondary N) is 3. The van der Waals surface area contributed by atoms with Crippen LogP contribution in [0.5, 0.6) is 0 Å². The first-order valence-electron chi connectivity index (χ1n) is 15.0. The van der Waals surface area contributed by atoms with Crippen LogP contribution >= 0.6 is 0 Å². The predicted molar refractivity (Wildman–Crippen MR) is 173 cm³/mol. The molecule has 1 saturated heterocycles. The van der Waals surface area contributed by atoms with E-state index in [-0.39, 0.29) is 17.1 Å². The summed E-state index contributed by atoms with van der Waals surface area (Å²) in [6.07, 6.45) is 1.76. The molecule has 0 bridgehead atoms. The van der Waals surface area contributed by atoms with Crippen LogP contribution in [0.15, 0.2) is 78.9 Å². The molecule has 5 rings (SSSR count). The van der Waals surface area contributed by atoms with E-state index in [1.54, 1.807) is 4.68 Å². The van der Waals surface area contributed by atoms with Crippen molar-refractivity contribution in [3.63, 3.8) is 0 Å². The second-order valence-electron chi connectivity index (χ2n) is 12.4. The maximum Gasteiger partial charge on any atom is 0.324 e. The van der Waals surface area contributed by atoms with Crippen LogP contribution in [0.1, 0.15) is 72.3 Å². The number of anilines is 2. The number of carbonyl (C=O) groups excluding carboxylic acids is 2. The number of ketones is 1. The van der Waals surface area contributed by atoms with E-state index in [2.05, 4.69) is 36.7 Å². The second kappa shape index (κ2) is 12.9. The number of piperidine rings is 1. The third kappa shape index (κ3) is 7.04. The molecule has 8 heteroatoms. The number of nitrogens with two attached hydrogens (primary N) is 1. The average molecular weight is 579 g/mol. The molecule has 224 valence electrons. The maximum atomic E-state index is 14.1. The van der Waals surface area contributed by atoms with E-state index in [4.69, 9.17) is 10.8 Å². The first-order valence-corrected chi connectivity index (χ1v) is 15.0. The summed E-state index contributed by atoms with van der Waals surface area (Å²) >= 11 is 0. The number of rotatable bonds is 8. The third-order valence-corrected chi connectivity index (χ3v) is 8.15. The maximum absolute atomic E-state index is 14.1. The third-order valence-electron chi connectivity index (χ3n) is 8.15. The topological polar surface area (TPSA) is 114 Å². The van der Waals surface area contributed by atoms with E-state index >= 15 is 0 Å². The quantitative estimate of drug-likeness (QED) is 0.177. The first-order chi connectivity index (χ1) is 20.6. The van der Waals surface area contributed by atoms with Crippen molar-refractivity contribution in [2.75, 3.05) is 23.7 Å². The molecule has 3 aromatic carbocycles. The number of aryl methyl sites for hydroxylation is 1. The fourth-order valence-electron chi connectivity index (χ4n) is 5.64. The van der Waals surface area contributed by atoms with Gasteiger partial charge in [-0.2, -0.15) is 5.10 Å². The molecule has 0 spiro atoms. The van der Waals surface area contributed by atoms with Crippen LogP contribution in [-0.4, -0.2) is 34.7 Å². The number of urea groups is 1. The van der Waals surface area contributed by atoms with Gasteiger partial charge in [0.15, 0.2) is 5.78 Å². The summed E-state index contributed by atoms with van der Waals surface area (Å²) < 4.78 is 1.76. The Hall–Kier alpha value is -4.27. The normalized spacial score (nSPS) is 14.7. The number of benzene rings is 3. The Morgan fingerprint density at radius 2 is 1.65 bits per heavy atom. The van der Waals surface area contributed by atoms with E-state index in [1.807, 2.05) is 85.8 Å². The van der Waals surface area contributed by atoms with E-state index in [0.29, 0.717) is 23.6 Å². The van der Waals surface area contributed by atoms with Crippen molar-refractivity contribution < 1.29 is 9.59 Å². The van der Waals surface area contributed by atoms with E-state index in [1.165, 1.54) is 0 Å². The predicted octanol–water partition coefficient (Wildman–Crippen LogP) is 6.55. The number of aromatic nitrogens is 2. The van der Waals surface area contributed by atoms with Gasteiger partial charge in [0, 0.05) is 29.3 Å². The molecule has 1 aliphatic heterocycles. The Morgan fingerprint density at radius 3 is 2.30 bits per heavy atom. The lowest BCUT2D eigenvalue weighted by atomic mass is 9.75. The summed E-state index contributed by atoms with van der Waals surface area (Å²) in [6.45, 7) is 10.5. The molecule has 5 N–H and O–H groups in total. The molecule has 2 amide bonds. The molecular formula is C35H42N6O2. The van der Waals surface area contributed by atoms with Gasteiger partial charge >= 0.3 is 6.03 Å². The number of hydrogen-bond acceptors (Lipinski definition) is 5. The Morgan fingerprint density at radius 1 is 0.977 bits per heavy atom. The van der Waals surface area contributed by atoms with Crippen molar-refractivity contribution in [1.29, 1.82) is 0 Å². The summed E-state index contributed by atoms with van der Waals surface area (Å²) in [4.78, 5) is 27.7. The van der Waals surface area contributed by atoms with Crippen LogP contribution in [0.25, 0.3) is 5.69 Å². The lowest BCUT2D eigenvalue weighted by Gasteiger charge is -2.31. The molecule has 2 heterocycles. The van der Waals surface area contributed by atoms with Crippen LogP contribution in [0.3, 0.4) is 0 Å². The van der Waals surface area contributed by atoms with Gasteiger partial charge in [-0.25, -0.2) is 9.48 Å². The van der Waals surface area contributed by atoms with Crippen LogP contribution in [0.4, 0.5) is 16.3 Å². The van der Waals surface area contributed by atoms with Crippen molar-refractivity contribution in [1.82, 2.24) is 15.1 Å². The van der Waals surface area contributed by atoms with Crippen molar-refractivity contribution in [2.45, 2.75) is 58.4 Å². The number of para-hydroxylation sites is 1. The summed E-state index contributed by atoms with van der Waals surface area (Å²) in [7, 11) is 0. The lowest BCUT2D eigenvalue weighted by Crippen LogP contribution is -2.34. The first kappa shape index (κ1) is 30.2. The number of hydrogen-bond donors (Lipinski definition) is 4. The zero-order chi connectivity index (χ0) is 30.6. The molecule has 1 aromatic heterocycles. The Balaban J connectivity index is 1.45. The van der Waals surface area contributed by atoms with Crippen molar-refractivity contribution >= 4 is 23.3 Å². The fraction of sp³-hybridized carbons (Fsp3) is 0.343. The number of amides is 2. The molecule has 0 saturated carbocycles. The zero-order valence-corrected chi connectivity index (χ0v) is 25.5. The van der Waals surface area contributed by atoms with Gasteiger partial charge in [0.2, 0.25) is 0 Å². The van der Waals surface area contributed by atoms with Crippen LogP contribution in [0, 0.1) is 12.8 Å². The molecule has 4 aromatic rings. The summed E-state index contributed by atoms with van der Waals surface area (Å²) in [5.41, 5.74) is 11.5. The summed E-state index contributed by atoms with van der Waals surface area (Å²) in [6, 6.07) is 24.7. The van der Waals surface area contributed by atoms with Crippen LogP contribution in [-0.2, 0) is 12.0 Å². The highest BCUT2D eigenvalue weighted by Gasteiger charge is 2.33. The van der Waals surface area contributed by atoms with Gasteiger partial charge in [0.25, 0.3) is 0 Å². The molecule has 43 heavy (non-hydrogen) atoms. The van der Waals surface area contributed by atoms with Gasteiger partial charge in [-0.3, -0.25) is 10.1 Å². The number of carbonyl (C=O) groups is 2. The van der Waals surface area contributed by atoms with Crippen molar-refractivity contribution in [2.24, 2.45) is 11.7 Å². The lowest BCUT2D eigenvalue weighted by molar-refractivity contribution is 0.0916. The van der Waals surface area contributed by atoms with Crippen LogP contribution in [0.2, 0.25) is 0 Å². The zero-order valence-electron chi connectivity index (χ0n) is 25.5. The minimum absolute atomic E-state index is 0.0531. The number of Topliss-reactive ketones (excluding diaryl/α,β-unsaturated/α-hetero) is 1. The Labute approximate surface area is 254 Å². The molecular weight excluding hydrogens is 536 g/mol. The molecule has 1 unspecified atom stereocenters. The molecule has 1 atom stereocenters. The molecule has 1 aliphatic rings. The standard InChI is InChI=1S/C35H42N6O2/c1-23-9-15-27(16-10-23)41-31(21-30(40-41)35(2,3)4)39-34(43)38-29-8-6-5-7-28(29)32(25-17-19-37-20-18-25)33(42)26-13-11-24(22-36)12-14-26/h5-16,21,25,32,37H,17-20,22,36H2,1-4H3,(H2,38,39,43). The SMILES string of the molecule is Cc1ccc(-n2nc(C(C)(C)C)cc2NC(=O)Nc2ccccc2C(C(=O)c2ccc(CN)cc2)C2CCNCC2)cc1. The monoisotopic (exact) mass is 578 g/mol. The summed E-state index contributed by atoms with van der Waals surface area (Å²) in [5, 5.41) is 14.3. The fourth-order valence-corrected chi connectivity index (χ4v) is 5.64. The Kier molecular flexibility index (Phi) is 9.08. The molecule has 0 radical (unpaired) electrons. The minimum Gasteiger partial charge on any atom is -0.326 e. The molecule has 1 fully saturated rings. The van der Waals surface area contributed by atoms with Crippen molar-refractivity contribution in [3.05, 3.63) is 107 Å². The van der Waals surface area contributed by atoms with Gasteiger partial charge < -0.3 is 16.4 Å². The summed E-state index contributed by atoms with van der Waals surface area (Å²) in [5.74, 6) is 0.367.